The molecule has 0 aliphatic heterocycles. The van der Waals surface area contributed by atoms with Crippen LogP contribution >= 0.6 is 0 Å². The van der Waals surface area contributed by atoms with Crippen LogP contribution in [0.4, 0.5) is 5.82 Å². The van der Waals surface area contributed by atoms with Crippen LogP contribution in [-0.2, 0) is 0 Å². The van der Waals surface area contributed by atoms with Gasteiger partial charge in [-0.3, -0.25) is 0 Å². The highest BCUT2D eigenvalue weighted by atomic mass is 16.3. The number of hydrogen-bond donors (Lipinski definition) is 2. The number of aliphatic hydroxyl groups excluding tert-OH is 1. The third-order valence-corrected chi connectivity index (χ3v) is 6.28. The average molecular weight is 423 g/mol. The molecular weight excluding hydrogens is 388 g/mol. The molecule has 2 atom stereocenters. The van der Waals surface area contributed by atoms with Gasteiger partial charge in [-0.2, -0.15) is 0 Å². The van der Waals surface area contributed by atoms with Gasteiger partial charge in [0.1, 0.15) is 0 Å². The monoisotopic (exact) mass is 422 g/mol. The highest BCUT2D eigenvalue weighted by molar-refractivity contribution is 5.84. The zero-order chi connectivity index (χ0) is 21.6. The molecular formula is C24H34N6O. The molecule has 3 aromatic rings. The fraction of sp³-hybridized carbons (Fsp3) is 0.583. The van der Waals surface area contributed by atoms with Gasteiger partial charge in [-0.05, 0) is 26.2 Å². The van der Waals surface area contributed by atoms with Crippen molar-refractivity contribution in [3.8, 4) is 11.4 Å². The molecule has 0 radical (unpaired) electrons. The topological polar surface area (TPSA) is 88.8 Å². The largest absolute Gasteiger partial charge is 0.391 e. The van der Waals surface area contributed by atoms with Gasteiger partial charge in [0.2, 0.25) is 0 Å². The van der Waals surface area contributed by atoms with Gasteiger partial charge in [0, 0.05) is 11.6 Å². The van der Waals surface area contributed by atoms with E-state index in [1.165, 1.54) is 25.7 Å². The summed E-state index contributed by atoms with van der Waals surface area (Å²) in [6.07, 6.45) is 9.70. The van der Waals surface area contributed by atoms with Crippen LogP contribution in [0.2, 0.25) is 0 Å². The molecule has 31 heavy (non-hydrogen) atoms. The molecule has 2 N–H and O–H groups in total. The molecule has 1 saturated carbocycles. The Hall–Kier alpha value is -2.54. The van der Waals surface area contributed by atoms with Crippen molar-refractivity contribution in [1.29, 1.82) is 0 Å². The predicted octanol–water partition coefficient (Wildman–Crippen LogP) is 5.14. The van der Waals surface area contributed by atoms with Crippen LogP contribution in [0.25, 0.3) is 22.6 Å². The summed E-state index contributed by atoms with van der Waals surface area (Å²) in [5.41, 5.74) is 2.34. The Morgan fingerprint density at radius 3 is 2.58 bits per heavy atom. The van der Waals surface area contributed by atoms with Crippen molar-refractivity contribution in [2.75, 3.05) is 5.32 Å². The molecule has 0 unspecified atom stereocenters. The lowest BCUT2D eigenvalue weighted by molar-refractivity contribution is 0.116. The fourth-order valence-electron chi connectivity index (χ4n) is 4.48. The minimum Gasteiger partial charge on any atom is -0.391 e. The van der Waals surface area contributed by atoms with Crippen molar-refractivity contribution in [3.63, 3.8) is 0 Å². The molecule has 1 fully saturated rings. The van der Waals surface area contributed by atoms with Crippen LogP contribution in [0.1, 0.15) is 77.7 Å². The summed E-state index contributed by atoms with van der Waals surface area (Å²) in [6, 6.07) is 10.3. The lowest BCUT2D eigenvalue weighted by Crippen LogP contribution is -2.23. The number of rotatable bonds is 10. The van der Waals surface area contributed by atoms with Crippen molar-refractivity contribution in [3.05, 3.63) is 30.3 Å². The fourth-order valence-corrected chi connectivity index (χ4v) is 4.48. The van der Waals surface area contributed by atoms with E-state index < -0.39 is 6.10 Å². The maximum Gasteiger partial charge on any atom is 0.184 e. The molecule has 0 bridgehead atoms. The normalized spacial score (nSPS) is 16.6. The van der Waals surface area contributed by atoms with Crippen molar-refractivity contribution in [2.45, 2.75) is 89.8 Å². The summed E-state index contributed by atoms with van der Waals surface area (Å²) < 4.78 is 1.82. The Kier molecular flexibility index (Phi) is 7.12. The van der Waals surface area contributed by atoms with Gasteiger partial charge in [-0.15, -0.1) is 5.10 Å². The summed E-state index contributed by atoms with van der Waals surface area (Å²) in [5.74, 6) is 1.41. The van der Waals surface area contributed by atoms with Crippen LogP contribution in [0.15, 0.2) is 30.3 Å². The molecule has 1 aliphatic carbocycles. The molecule has 7 heteroatoms. The van der Waals surface area contributed by atoms with Gasteiger partial charge in [-0.25, -0.2) is 14.6 Å². The van der Waals surface area contributed by atoms with E-state index in [1.54, 1.807) is 0 Å². The van der Waals surface area contributed by atoms with Gasteiger partial charge in [0.15, 0.2) is 22.8 Å². The van der Waals surface area contributed by atoms with Gasteiger partial charge < -0.3 is 10.4 Å². The molecule has 166 valence electrons. The van der Waals surface area contributed by atoms with E-state index in [0.29, 0.717) is 23.0 Å². The van der Waals surface area contributed by atoms with Crippen molar-refractivity contribution < 1.29 is 5.11 Å². The summed E-state index contributed by atoms with van der Waals surface area (Å²) in [6.45, 7) is 4.03. The standard InChI is InChI=1S/C24H34N6O/c1-3-4-5-9-16-20(17(2)31)30-24-21(28-29-30)23(25-19-14-10-11-15-19)26-22(27-24)18-12-7-6-8-13-18/h6-8,12-13,17,19-20,31H,3-5,9-11,14-16H2,1-2H3,(H,25,26,27)/t17-,20-/m0/s1. The summed E-state index contributed by atoms with van der Waals surface area (Å²) in [4.78, 5) is 9.70. The van der Waals surface area contributed by atoms with E-state index in [4.69, 9.17) is 9.97 Å². The molecule has 2 heterocycles. The van der Waals surface area contributed by atoms with E-state index in [1.807, 2.05) is 41.9 Å². The number of unbranched alkanes of at least 4 members (excludes halogenated alkanes) is 3. The second-order valence-corrected chi connectivity index (χ2v) is 8.75. The number of benzene rings is 1. The van der Waals surface area contributed by atoms with Gasteiger partial charge in [0.25, 0.3) is 0 Å². The number of aliphatic hydroxyl groups is 1. The second kappa shape index (κ2) is 10.2. The minimum absolute atomic E-state index is 0.153. The van der Waals surface area contributed by atoms with Crippen molar-refractivity contribution >= 4 is 17.0 Å². The second-order valence-electron chi connectivity index (χ2n) is 8.75. The quantitative estimate of drug-likeness (QED) is 0.440. The molecule has 1 aromatic carbocycles. The molecule has 0 spiro atoms. The Morgan fingerprint density at radius 1 is 1.10 bits per heavy atom. The first-order valence-electron chi connectivity index (χ1n) is 11.8. The Morgan fingerprint density at radius 2 is 1.87 bits per heavy atom. The van der Waals surface area contributed by atoms with Crippen LogP contribution < -0.4 is 5.32 Å². The lowest BCUT2D eigenvalue weighted by Gasteiger charge is -2.20. The van der Waals surface area contributed by atoms with E-state index in [-0.39, 0.29) is 6.04 Å². The smallest absolute Gasteiger partial charge is 0.184 e. The zero-order valence-electron chi connectivity index (χ0n) is 18.7. The zero-order valence-corrected chi connectivity index (χ0v) is 18.7. The number of nitrogens with one attached hydrogen (secondary N) is 1. The molecule has 0 saturated heterocycles. The SMILES string of the molecule is CCCCCC[C@@H]([C@H](C)O)n1nnc2c(NC3CCCC3)nc(-c3ccccc3)nc21. The maximum atomic E-state index is 10.5. The summed E-state index contributed by atoms with van der Waals surface area (Å²) in [5, 5.41) is 23.1. The summed E-state index contributed by atoms with van der Waals surface area (Å²) in [7, 11) is 0. The molecule has 0 amide bonds. The first kappa shape index (κ1) is 21.7. The summed E-state index contributed by atoms with van der Waals surface area (Å²) >= 11 is 0. The highest BCUT2D eigenvalue weighted by Crippen LogP contribution is 2.30. The van der Waals surface area contributed by atoms with Gasteiger partial charge in [0.05, 0.1) is 12.1 Å². The Balaban J connectivity index is 1.73. The van der Waals surface area contributed by atoms with Gasteiger partial charge in [-0.1, -0.05) is 81.0 Å². The average Bonchev–Trinajstić information content (AvgIpc) is 3.44. The van der Waals surface area contributed by atoms with Crippen molar-refractivity contribution in [1.82, 2.24) is 25.0 Å². The number of fused-ring (bicyclic) bond motifs is 1. The Labute approximate surface area is 184 Å². The Bertz CT molecular complexity index is 965. The molecule has 1 aliphatic rings. The van der Waals surface area contributed by atoms with Crippen molar-refractivity contribution in [2.24, 2.45) is 0 Å². The van der Waals surface area contributed by atoms with E-state index in [0.717, 1.165) is 43.5 Å². The molecule has 2 aromatic heterocycles. The minimum atomic E-state index is -0.534. The first-order valence-corrected chi connectivity index (χ1v) is 11.8. The number of hydrogen-bond acceptors (Lipinski definition) is 6. The third kappa shape index (κ3) is 5.03. The van der Waals surface area contributed by atoms with E-state index in [9.17, 15) is 5.11 Å². The number of nitrogens with zero attached hydrogens (tertiary/aromatic N) is 5. The molecule has 7 nitrogen and oxygen atoms in total. The maximum absolute atomic E-state index is 10.5. The van der Waals surface area contributed by atoms with E-state index in [2.05, 4.69) is 22.6 Å². The van der Waals surface area contributed by atoms with Crippen LogP contribution in [0.5, 0.6) is 0 Å². The third-order valence-electron chi connectivity index (χ3n) is 6.28. The number of aromatic nitrogens is 5. The van der Waals surface area contributed by atoms with Gasteiger partial charge >= 0.3 is 0 Å². The molecule has 4 rings (SSSR count). The number of anilines is 1. The van der Waals surface area contributed by atoms with Crippen LogP contribution in [0.3, 0.4) is 0 Å². The van der Waals surface area contributed by atoms with E-state index >= 15 is 0 Å². The highest BCUT2D eigenvalue weighted by Gasteiger charge is 2.25. The van der Waals surface area contributed by atoms with Crippen LogP contribution in [0, 0.1) is 0 Å². The lowest BCUT2D eigenvalue weighted by atomic mass is 10.0. The first-order chi connectivity index (χ1) is 15.2. The van der Waals surface area contributed by atoms with Crippen LogP contribution in [-0.4, -0.2) is 42.2 Å². The predicted molar refractivity (Wildman–Crippen MR) is 124 cm³/mol.